The first-order valence-electron chi connectivity index (χ1n) is 4.94. The van der Waals surface area contributed by atoms with Crippen molar-refractivity contribution in [2.24, 2.45) is 0 Å². The monoisotopic (exact) mass is 211 g/mol. The van der Waals surface area contributed by atoms with Crippen molar-refractivity contribution in [2.45, 2.75) is 0 Å². The first kappa shape index (κ1) is 8.91. The summed E-state index contributed by atoms with van der Waals surface area (Å²) in [6.07, 6.45) is 6.71. The Hall–Kier alpha value is -2.36. The highest BCUT2D eigenvalue weighted by molar-refractivity contribution is 5.75. The minimum Gasteiger partial charge on any atom is -0.445 e. The molecule has 1 N–H and O–H groups in total. The Bertz CT molecular complexity index is 517. The Morgan fingerprint density at radius 2 is 1.88 bits per heavy atom. The fourth-order valence-electron chi connectivity index (χ4n) is 1.65. The molecule has 0 amide bonds. The van der Waals surface area contributed by atoms with E-state index in [-0.39, 0.29) is 0 Å². The molecule has 3 aromatic rings. The molecule has 0 unspecified atom stereocenters. The van der Waals surface area contributed by atoms with Crippen molar-refractivity contribution in [2.75, 3.05) is 0 Å². The van der Waals surface area contributed by atoms with Crippen LogP contribution in [-0.4, -0.2) is 15.0 Å². The van der Waals surface area contributed by atoms with Gasteiger partial charge in [0.05, 0.1) is 6.20 Å². The summed E-state index contributed by atoms with van der Waals surface area (Å²) >= 11 is 0. The number of H-pyrrole nitrogens is 1. The lowest BCUT2D eigenvalue weighted by atomic mass is 10.1. The van der Waals surface area contributed by atoms with Gasteiger partial charge in [0.25, 0.3) is 0 Å². The zero-order chi connectivity index (χ0) is 10.8. The molecule has 0 aliphatic rings. The summed E-state index contributed by atoms with van der Waals surface area (Å²) in [6.45, 7) is 0. The highest BCUT2D eigenvalue weighted by Crippen LogP contribution is 2.28. The molecule has 3 rings (SSSR count). The van der Waals surface area contributed by atoms with Crippen LogP contribution in [0, 0.1) is 0 Å². The number of oxazole rings is 1. The lowest BCUT2D eigenvalue weighted by Gasteiger charge is -2.02. The number of nitrogens with zero attached hydrogens (tertiary/aromatic N) is 2. The van der Waals surface area contributed by atoms with E-state index in [2.05, 4.69) is 15.0 Å². The Morgan fingerprint density at radius 1 is 1.00 bits per heavy atom. The van der Waals surface area contributed by atoms with Crippen LogP contribution >= 0.6 is 0 Å². The van der Waals surface area contributed by atoms with E-state index < -0.39 is 0 Å². The Labute approximate surface area is 92.0 Å². The van der Waals surface area contributed by atoms with Gasteiger partial charge >= 0.3 is 0 Å². The summed E-state index contributed by atoms with van der Waals surface area (Å²) in [6, 6.07) is 7.86. The van der Waals surface area contributed by atoms with E-state index in [0.29, 0.717) is 5.89 Å². The van der Waals surface area contributed by atoms with E-state index in [0.717, 1.165) is 17.0 Å². The maximum absolute atomic E-state index is 5.31. The van der Waals surface area contributed by atoms with Crippen LogP contribution in [0.5, 0.6) is 0 Å². The predicted molar refractivity (Wildman–Crippen MR) is 59.5 cm³/mol. The molecule has 0 saturated carbocycles. The van der Waals surface area contributed by atoms with Crippen LogP contribution in [0.2, 0.25) is 0 Å². The normalized spacial score (nSPS) is 10.5. The van der Waals surface area contributed by atoms with Gasteiger partial charge in [0.1, 0.15) is 12.1 Å². The molecule has 0 aliphatic heterocycles. The molecular weight excluding hydrogens is 202 g/mol. The molecule has 16 heavy (non-hydrogen) atoms. The van der Waals surface area contributed by atoms with Gasteiger partial charge in [-0.3, -0.25) is 0 Å². The van der Waals surface area contributed by atoms with Crippen LogP contribution in [0.3, 0.4) is 0 Å². The third-order valence-corrected chi connectivity index (χ3v) is 2.34. The maximum atomic E-state index is 5.31. The second-order valence-electron chi connectivity index (χ2n) is 3.32. The molecule has 2 aromatic heterocycles. The molecule has 0 aliphatic carbocycles. The number of hydrogen-bond donors (Lipinski definition) is 1. The van der Waals surface area contributed by atoms with Crippen LogP contribution in [0.25, 0.3) is 22.8 Å². The number of nitrogens with one attached hydrogen (secondary N) is 1. The van der Waals surface area contributed by atoms with Crippen molar-refractivity contribution in [3.05, 3.63) is 49.1 Å². The van der Waals surface area contributed by atoms with Gasteiger partial charge in [-0.25, -0.2) is 9.97 Å². The number of hydrogen-bond acceptors (Lipinski definition) is 3. The molecule has 4 heteroatoms. The third-order valence-electron chi connectivity index (χ3n) is 2.34. The zero-order valence-electron chi connectivity index (χ0n) is 8.42. The van der Waals surface area contributed by atoms with Crippen LogP contribution in [0.1, 0.15) is 0 Å². The highest BCUT2D eigenvalue weighted by atomic mass is 16.3. The predicted octanol–water partition coefficient (Wildman–Crippen LogP) is 2.73. The SMILES string of the molecule is c1ccc(-c2ncco2)c(-c2ncc[nH]2)c1. The van der Waals surface area contributed by atoms with Crippen LogP contribution < -0.4 is 0 Å². The second kappa shape index (κ2) is 3.66. The largest absolute Gasteiger partial charge is 0.445 e. The molecule has 0 fully saturated rings. The van der Waals surface area contributed by atoms with Gasteiger partial charge in [-0.05, 0) is 6.07 Å². The summed E-state index contributed by atoms with van der Waals surface area (Å²) in [5.74, 6) is 1.42. The molecule has 2 heterocycles. The van der Waals surface area contributed by atoms with Gasteiger partial charge in [-0.2, -0.15) is 0 Å². The second-order valence-corrected chi connectivity index (χ2v) is 3.32. The third kappa shape index (κ3) is 1.40. The number of imidazole rings is 1. The minimum absolute atomic E-state index is 0.604. The number of aromatic nitrogens is 3. The summed E-state index contributed by atoms with van der Waals surface area (Å²) < 4.78 is 5.31. The van der Waals surface area contributed by atoms with Gasteiger partial charge in [0.2, 0.25) is 5.89 Å². The van der Waals surface area contributed by atoms with E-state index >= 15 is 0 Å². The highest BCUT2D eigenvalue weighted by Gasteiger charge is 2.11. The van der Waals surface area contributed by atoms with E-state index in [1.807, 2.05) is 24.3 Å². The number of aromatic amines is 1. The van der Waals surface area contributed by atoms with Crippen molar-refractivity contribution >= 4 is 0 Å². The van der Waals surface area contributed by atoms with E-state index in [4.69, 9.17) is 4.42 Å². The van der Waals surface area contributed by atoms with Crippen LogP contribution in [0.4, 0.5) is 0 Å². The van der Waals surface area contributed by atoms with E-state index in [1.165, 1.54) is 0 Å². The van der Waals surface area contributed by atoms with Gasteiger partial charge in [-0.1, -0.05) is 18.2 Å². The maximum Gasteiger partial charge on any atom is 0.226 e. The fourth-order valence-corrected chi connectivity index (χ4v) is 1.65. The first-order chi connectivity index (χ1) is 7.95. The molecule has 0 atom stereocenters. The molecule has 0 bridgehead atoms. The molecule has 1 aromatic carbocycles. The average Bonchev–Trinajstić information content (AvgIpc) is 3.03. The van der Waals surface area contributed by atoms with Gasteiger partial charge in [-0.15, -0.1) is 0 Å². The van der Waals surface area contributed by atoms with Crippen molar-refractivity contribution in [3.8, 4) is 22.8 Å². The van der Waals surface area contributed by atoms with Gasteiger partial charge in [0, 0.05) is 23.5 Å². The molecule has 0 saturated heterocycles. The summed E-state index contributed by atoms with van der Waals surface area (Å²) in [5, 5.41) is 0. The van der Waals surface area contributed by atoms with Gasteiger partial charge in [0.15, 0.2) is 0 Å². The Balaban J connectivity index is 2.19. The van der Waals surface area contributed by atoms with E-state index in [1.54, 1.807) is 24.9 Å². The Kier molecular flexibility index (Phi) is 2.04. The topological polar surface area (TPSA) is 54.7 Å². The summed E-state index contributed by atoms with van der Waals surface area (Å²) in [5.41, 5.74) is 1.91. The molecule has 4 nitrogen and oxygen atoms in total. The Morgan fingerprint density at radius 3 is 2.56 bits per heavy atom. The quantitative estimate of drug-likeness (QED) is 0.709. The fraction of sp³-hybridized carbons (Fsp3) is 0. The average molecular weight is 211 g/mol. The molecule has 0 radical (unpaired) electrons. The summed E-state index contributed by atoms with van der Waals surface area (Å²) in [7, 11) is 0. The van der Waals surface area contributed by atoms with Crippen molar-refractivity contribution in [3.63, 3.8) is 0 Å². The standard InChI is InChI=1S/C12H9N3O/c1-2-4-10(12-15-7-8-16-12)9(3-1)11-13-5-6-14-11/h1-8H,(H,13,14). The summed E-state index contributed by atoms with van der Waals surface area (Å²) in [4.78, 5) is 11.5. The minimum atomic E-state index is 0.604. The number of benzene rings is 1. The van der Waals surface area contributed by atoms with Gasteiger partial charge < -0.3 is 9.40 Å². The zero-order valence-corrected chi connectivity index (χ0v) is 8.42. The molecule has 0 spiro atoms. The van der Waals surface area contributed by atoms with Crippen LogP contribution in [-0.2, 0) is 0 Å². The van der Waals surface area contributed by atoms with Crippen LogP contribution in [0.15, 0.2) is 53.5 Å². The van der Waals surface area contributed by atoms with Crippen molar-refractivity contribution in [1.29, 1.82) is 0 Å². The number of rotatable bonds is 2. The molecule has 78 valence electrons. The molecular formula is C12H9N3O. The lowest BCUT2D eigenvalue weighted by molar-refractivity contribution is 0.574. The van der Waals surface area contributed by atoms with Crippen molar-refractivity contribution < 1.29 is 4.42 Å². The smallest absolute Gasteiger partial charge is 0.226 e. The van der Waals surface area contributed by atoms with E-state index in [9.17, 15) is 0 Å². The van der Waals surface area contributed by atoms with Crippen molar-refractivity contribution in [1.82, 2.24) is 15.0 Å². The lowest BCUT2D eigenvalue weighted by Crippen LogP contribution is -1.86. The first-order valence-corrected chi connectivity index (χ1v) is 4.94.